The van der Waals surface area contributed by atoms with Crippen molar-refractivity contribution in [1.82, 2.24) is 0 Å². The number of rotatable bonds is 2. The van der Waals surface area contributed by atoms with Gasteiger partial charge in [-0.15, -0.1) is 0 Å². The van der Waals surface area contributed by atoms with E-state index in [9.17, 15) is 9.59 Å². The summed E-state index contributed by atoms with van der Waals surface area (Å²) in [5.74, 6) is -0.0145. The van der Waals surface area contributed by atoms with Gasteiger partial charge >= 0.3 is 0 Å². The van der Waals surface area contributed by atoms with Crippen LogP contribution in [0.5, 0.6) is 0 Å². The molecule has 0 radical (unpaired) electrons. The molecule has 0 fully saturated rings. The highest BCUT2D eigenvalue weighted by Gasteiger charge is 2.25. The van der Waals surface area contributed by atoms with E-state index in [0.29, 0.717) is 23.2 Å². The molecular weight excluding hydrogens is 264 g/mol. The maximum absolute atomic E-state index is 12.6. The van der Waals surface area contributed by atoms with Crippen LogP contribution in [0.1, 0.15) is 27.0 Å². The van der Waals surface area contributed by atoms with E-state index in [0.717, 1.165) is 16.8 Å². The molecule has 2 N–H and O–H groups in total. The van der Waals surface area contributed by atoms with E-state index in [1.165, 1.54) is 0 Å². The highest BCUT2D eigenvalue weighted by Crippen LogP contribution is 2.29. The normalized spacial score (nSPS) is 13.4. The Bertz CT molecular complexity index is 765. The minimum absolute atomic E-state index is 0.0507. The Morgan fingerprint density at radius 2 is 2.00 bits per heavy atom. The second kappa shape index (κ2) is 4.74. The summed E-state index contributed by atoms with van der Waals surface area (Å²) in [5.41, 5.74) is 10.2. The van der Waals surface area contributed by atoms with Crippen LogP contribution in [0.25, 0.3) is 0 Å². The maximum atomic E-state index is 12.6. The van der Waals surface area contributed by atoms with E-state index in [-0.39, 0.29) is 11.7 Å². The van der Waals surface area contributed by atoms with E-state index in [1.807, 2.05) is 19.1 Å². The van der Waals surface area contributed by atoms with Crippen LogP contribution in [-0.4, -0.2) is 18.7 Å². The summed E-state index contributed by atoms with van der Waals surface area (Å²) in [6.45, 7) is 1.84. The first kappa shape index (κ1) is 13.4. The zero-order valence-corrected chi connectivity index (χ0v) is 12.0. The van der Waals surface area contributed by atoms with E-state index in [4.69, 9.17) is 5.73 Å². The number of nitrogens with two attached hydrogens (primary N) is 1. The van der Waals surface area contributed by atoms with Crippen molar-refractivity contribution < 1.29 is 9.59 Å². The number of amides is 1. The van der Waals surface area contributed by atoms with Gasteiger partial charge in [0.15, 0.2) is 5.78 Å². The first-order valence-corrected chi connectivity index (χ1v) is 6.78. The lowest BCUT2D eigenvalue weighted by atomic mass is 9.96. The fourth-order valence-electron chi connectivity index (χ4n) is 2.67. The van der Waals surface area contributed by atoms with Crippen LogP contribution in [0, 0.1) is 6.92 Å². The average molecular weight is 280 g/mol. The average Bonchev–Trinajstić information content (AvgIpc) is 2.76. The number of nitrogen functional groups attached to an aromatic ring is 1. The molecule has 1 aliphatic heterocycles. The van der Waals surface area contributed by atoms with Gasteiger partial charge in [0.1, 0.15) is 0 Å². The molecule has 0 unspecified atom stereocenters. The number of nitrogens with zero attached hydrogens (tertiary/aromatic N) is 1. The van der Waals surface area contributed by atoms with Gasteiger partial charge in [-0.1, -0.05) is 12.1 Å². The van der Waals surface area contributed by atoms with Gasteiger partial charge in [0.25, 0.3) is 0 Å². The van der Waals surface area contributed by atoms with Crippen LogP contribution in [-0.2, 0) is 11.2 Å². The van der Waals surface area contributed by atoms with Crippen LogP contribution in [0.3, 0.4) is 0 Å². The largest absolute Gasteiger partial charge is 0.398 e. The number of likely N-dealkylation sites (N-methyl/N-ethyl adjacent to an activating group) is 1. The third-order valence-corrected chi connectivity index (χ3v) is 4.04. The summed E-state index contributed by atoms with van der Waals surface area (Å²) < 4.78 is 0. The molecule has 4 nitrogen and oxygen atoms in total. The second-order valence-corrected chi connectivity index (χ2v) is 5.32. The Kier molecular flexibility index (Phi) is 3.01. The molecule has 0 aliphatic carbocycles. The summed E-state index contributed by atoms with van der Waals surface area (Å²) in [7, 11) is 1.75. The Morgan fingerprint density at radius 1 is 1.24 bits per heavy atom. The zero-order chi connectivity index (χ0) is 15.1. The minimum atomic E-state index is -0.0652. The minimum Gasteiger partial charge on any atom is -0.398 e. The van der Waals surface area contributed by atoms with E-state index in [1.54, 1.807) is 36.2 Å². The molecule has 1 aliphatic rings. The summed E-state index contributed by atoms with van der Waals surface area (Å²) >= 11 is 0. The maximum Gasteiger partial charge on any atom is 0.231 e. The number of benzene rings is 2. The molecule has 0 bridgehead atoms. The number of hydrogen-bond donors (Lipinski definition) is 1. The van der Waals surface area contributed by atoms with Gasteiger partial charge < -0.3 is 10.6 Å². The van der Waals surface area contributed by atoms with Crippen LogP contribution in [0.15, 0.2) is 36.4 Å². The van der Waals surface area contributed by atoms with Crippen molar-refractivity contribution in [3.8, 4) is 0 Å². The van der Waals surface area contributed by atoms with E-state index in [2.05, 4.69) is 0 Å². The van der Waals surface area contributed by atoms with Crippen molar-refractivity contribution in [1.29, 1.82) is 0 Å². The van der Waals surface area contributed by atoms with Gasteiger partial charge in [0.05, 0.1) is 6.42 Å². The van der Waals surface area contributed by atoms with Gasteiger partial charge in [-0.25, -0.2) is 0 Å². The lowest BCUT2D eigenvalue weighted by Gasteiger charge is -2.11. The van der Waals surface area contributed by atoms with Crippen LogP contribution < -0.4 is 10.6 Å². The van der Waals surface area contributed by atoms with E-state index >= 15 is 0 Å². The standard InChI is InChI=1S/C17H16N2O2/c1-10-13(4-3-5-14(10)18)17(21)11-6-7-15-12(8-11)9-16(20)19(15)2/h3-8H,9,18H2,1-2H3. The smallest absolute Gasteiger partial charge is 0.231 e. The molecule has 3 rings (SSSR count). The number of carbonyl (C=O) groups is 2. The van der Waals surface area contributed by atoms with Crippen molar-refractivity contribution in [3.63, 3.8) is 0 Å². The molecule has 106 valence electrons. The fraction of sp³-hybridized carbons (Fsp3) is 0.176. The topological polar surface area (TPSA) is 63.4 Å². The first-order chi connectivity index (χ1) is 9.99. The van der Waals surface area contributed by atoms with Gasteiger partial charge in [0.2, 0.25) is 5.91 Å². The van der Waals surface area contributed by atoms with Crippen molar-refractivity contribution in [2.75, 3.05) is 17.7 Å². The second-order valence-electron chi connectivity index (χ2n) is 5.32. The lowest BCUT2D eigenvalue weighted by molar-refractivity contribution is -0.117. The monoisotopic (exact) mass is 280 g/mol. The Hall–Kier alpha value is -2.62. The molecule has 2 aromatic rings. The Balaban J connectivity index is 2.02. The van der Waals surface area contributed by atoms with Crippen LogP contribution in [0.2, 0.25) is 0 Å². The SMILES string of the molecule is Cc1c(N)cccc1C(=O)c1ccc2c(c1)CC(=O)N2C. The predicted molar refractivity (Wildman–Crippen MR) is 82.6 cm³/mol. The zero-order valence-electron chi connectivity index (χ0n) is 12.0. The number of ketones is 1. The van der Waals surface area contributed by atoms with Gasteiger partial charge in [-0.3, -0.25) is 9.59 Å². The fourth-order valence-corrected chi connectivity index (χ4v) is 2.67. The van der Waals surface area contributed by atoms with Crippen molar-refractivity contribution in [3.05, 3.63) is 58.7 Å². The molecule has 0 spiro atoms. The van der Waals surface area contributed by atoms with E-state index < -0.39 is 0 Å². The van der Waals surface area contributed by atoms with Crippen LogP contribution in [0.4, 0.5) is 11.4 Å². The predicted octanol–water partition coefficient (Wildman–Crippen LogP) is 2.33. The lowest BCUT2D eigenvalue weighted by Crippen LogP contribution is -2.20. The Morgan fingerprint density at radius 3 is 2.76 bits per heavy atom. The molecule has 4 heteroatoms. The third kappa shape index (κ3) is 2.09. The van der Waals surface area contributed by atoms with Gasteiger partial charge in [0, 0.05) is 29.5 Å². The van der Waals surface area contributed by atoms with Crippen molar-refractivity contribution >= 4 is 23.1 Å². The molecular formula is C17H16N2O2. The van der Waals surface area contributed by atoms with Crippen LogP contribution >= 0.6 is 0 Å². The first-order valence-electron chi connectivity index (χ1n) is 6.78. The summed E-state index contributed by atoms with van der Waals surface area (Å²) in [4.78, 5) is 26.0. The number of fused-ring (bicyclic) bond motifs is 1. The van der Waals surface area contributed by atoms with Crippen molar-refractivity contribution in [2.24, 2.45) is 0 Å². The molecule has 2 aromatic carbocycles. The molecule has 21 heavy (non-hydrogen) atoms. The number of anilines is 2. The molecule has 0 atom stereocenters. The van der Waals surface area contributed by atoms with Gasteiger partial charge in [-0.05, 0) is 42.3 Å². The number of hydrogen-bond acceptors (Lipinski definition) is 3. The molecule has 0 saturated heterocycles. The molecule has 1 amide bonds. The molecule has 1 heterocycles. The summed E-state index contributed by atoms with van der Waals surface area (Å²) in [5, 5.41) is 0. The Labute approximate surface area is 123 Å². The summed E-state index contributed by atoms with van der Waals surface area (Å²) in [6.07, 6.45) is 0.350. The summed E-state index contributed by atoms with van der Waals surface area (Å²) in [6, 6.07) is 10.7. The number of carbonyl (C=O) groups excluding carboxylic acids is 2. The van der Waals surface area contributed by atoms with Crippen molar-refractivity contribution in [2.45, 2.75) is 13.3 Å². The highest BCUT2D eigenvalue weighted by molar-refractivity contribution is 6.11. The quantitative estimate of drug-likeness (QED) is 0.678. The highest BCUT2D eigenvalue weighted by atomic mass is 16.2. The molecule has 0 aromatic heterocycles. The third-order valence-electron chi connectivity index (χ3n) is 4.04. The molecule has 0 saturated carbocycles. The van der Waals surface area contributed by atoms with Gasteiger partial charge in [-0.2, -0.15) is 0 Å².